The van der Waals surface area contributed by atoms with Crippen LogP contribution >= 0.6 is 0 Å². The lowest BCUT2D eigenvalue weighted by atomic mass is 10.1. The molecule has 1 amide bonds. The van der Waals surface area contributed by atoms with E-state index in [1.54, 1.807) is 0 Å². The Kier molecular flexibility index (Phi) is 5.48. The average Bonchev–Trinajstić information content (AvgIpc) is 2.36. The molecular formula is C13H18N2O3. The fourth-order valence-corrected chi connectivity index (χ4v) is 1.50. The molecule has 3 unspecified atom stereocenters. The maximum Gasteiger partial charge on any atom is 0.237 e. The highest BCUT2D eigenvalue weighted by Gasteiger charge is 2.20. The fourth-order valence-electron chi connectivity index (χ4n) is 1.50. The molecule has 4 N–H and O–H groups in total. The number of aldehydes is 1. The van der Waals surface area contributed by atoms with Crippen molar-refractivity contribution >= 4 is 12.2 Å². The molecule has 0 radical (unpaired) electrons. The van der Waals surface area contributed by atoms with Gasteiger partial charge in [0.15, 0.2) is 0 Å². The summed E-state index contributed by atoms with van der Waals surface area (Å²) in [4.78, 5) is 22.4. The summed E-state index contributed by atoms with van der Waals surface area (Å²) in [7, 11) is 0. The van der Waals surface area contributed by atoms with Gasteiger partial charge >= 0.3 is 0 Å². The van der Waals surface area contributed by atoms with Crippen LogP contribution < -0.4 is 11.1 Å². The molecule has 0 heterocycles. The molecule has 0 aliphatic rings. The highest BCUT2D eigenvalue weighted by atomic mass is 16.3. The van der Waals surface area contributed by atoms with E-state index < -0.39 is 24.1 Å². The van der Waals surface area contributed by atoms with Gasteiger partial charge in [0.2, 0.25) is 5.91 Å². The highest BCUT2D eigenvalue weighted by Crippen LogP contribution is 2.02. The van der Waals surface area contributed by atoms with E-state index in [0.717, 1.165) is 5.56 Å². The standard InChI is InChI=1S/C13H18N2O3/c1-9(17)12(8-16)15-13(18)11(14)7-10-5-3-2-4-6-10/h2-6,8-9,11-12,17H,7,14H2,1H3,(H,15,18). The lowest BCUT2D eigenvalue weighted by Crippen LogP contribution is -2.50. The zero-order valence-electron chi connectivity index (χ0n) is 10.2. The number of carbonyl (C=O) groups excluding carboxylic acids is 2. The molecule has 0 aliphatic carbocycles. The van der Waals surface area contributed by atoms with Crippen LogP contribution in [0.3, 0.4) is 0 Å². The molecular weight excluding hydrogens is 232 g/mol. The summed E-state index contributed by atoms with van der Waals surface area (Å²) in [6, 6.07) is 7.70. The quantitative estimate of drug-likeness (QED) is 0.600. The number of nitrogens with two attached hydrogens (primary N) is 1. The Hall–Kier alpha value is -1.72. The Morgan fingerprint density at radius 2 is 2.06 bits per heavy atom. The van der Waals surface area contributed by atoms with Crippen molar-refractivity contribution in [3.63, 3.8) is 0 Å². The van der Waals surface area contributed by atoms with Crippen molar-refractivity contribution in [1.29, 1.82) is 0 Å². The van der Waals surface area contributed by atoms with E-state index in [2.05, 4.69) is 5.32 Å². The van der Waals surface area contributed by atoms with Crippen LogP contribution in [0.5, 0.6) is 0 Å². The van der Waals surface area contributed by atoms with Crippen molar-refractivity contribution < 1.29 is 14.7 Å². The zero-order chi connectivity index (χ0) is 13.5. The second kappa shape index (κ2) is 6.88. The molecule has 0 aliphatic heterocycles. The van der Waals surface area contributed by atoms with Gasteiger partial charge in [0, 0.05) is 0 Å². The van der Waals surface area contributed by atoms with Gasteiger partial charge in [-0.05, 0) is 18.9 Å². The van der Waals surface area contributed by atoms with Crippen molar-refractivity contribution in [3.8, 4) is 0 Å². The van der Waals surface area contributed by atoms with E-state index in [9.17, 15) is 14.7 Å². The SMILES string of the molecule is CC(O)C(C=O)NC(=O)C(N)Cc1ccccc1. The normalized spacial score (nSPS) is 15.5. The number of aliphatic hydroxyl groups excluding tert-OH is 1. The number of hydrogen-bond acceptors (Lipinski definition) is 4. The highest BCUT2D eigenvalue weighted by molar-refractivity contribution is 5.84. The molecule has 1 aromatic rings. The first-order chi connectivity index (χ1) is 8.54. The van der Waals surface area contributed by atoms with Crippen molar-refractivity contribution in [2.24, 2.45) is 5.73 Å². The number of amides is 1. The van der Waals surface area contributed by atoms with Gasteiger partial charge in [-0.3, -0.25) is 4.79 Å². The number of carbonyl (C=O) groups is 2. The molecule has 0 fully saturated rings. The van der Waals surface area contributed by atoms with Crippen LogP contribution in [0.15, 0.2) is 30.3 Å². The van der Waals surface area contributed by atoms with E-state index in [0.29, 0.717) is 12.7 Å². The number of nitrogens with one attached hydrogen (secondary N) is 1. The Morgan fingerprint density at radius 1 is 1.44 bits per heavy atom. The monoisotopic (exact) mass is 250 g/mol. The average molecular weight is 250 g/mol. The van der Waals surface area contributed by atoms with Crippen LogP contribution in [0.25, 0.3) is 0 Å². The van der Waals surface area contributed by atoms with Gasteiger partial charge in [0.1, 0.15) is 12.3 Å². The summed E-state index contributed by atoms with van der Waals surface area (Å²) in [6.07, 6.45) is -0.0501. The molecule has 0 spiro atoms. The summed E-state index contributed by atoms with van der Waals surface area (Å²) in [5.74, 6) is -0.447. The van der Waals surface area contributed by atoms with Crippen LogP contribution in [0.2, 0.25) is 0 Å². The lowest BCUT2D eigenvalue weighted by molar-refractivity contribution is -0.126. The number of hydrogen-bond donors (Lipinski definition) is 3. The molecule has 0 saturated heterocycles. The second-order valence-corrected chi connectivity index (χ2v) is 4.21. The minimum Gasteiger partial charge on any atom is -0.391 e. The van der Waals surface area contributed by atoms with Gasteiger partial charge in [-0.25, -0.2) is 0 Å². The summed E-state index contributed by atoms with van der Waals surface area (Å²) in [6.45, 7) is 1.43. The van der Waals surface area contributed by atoms with Gasteiger partial charge in [-0.15, -0.1) is 0 Å². The third kappa shape index (κ3) is 4.27. The summed E-state index contributed by atoms with van der Waals surface area (Å²) >= 11 is 0. The molecule has 5 nitrogen and oxygen atoms in total. The van der Waals surface area contributed by atoms with Gasteiger partial charge in [0.05, 0.1) is 12.1 Å². The maximum absolute atomic E-state index is 11.7. The van der Waals surface area contributed by atoms with Crippen LogP contribution in [0.1, 0.15) is 12.5 Å². The molecule has 3 atom stereocenters. The van der Waals surface area contributed by atoms with Gasteiger partial charge in [-0.1, -0.05) is 30.3 Å². The Morgan fingerprint density at radius 3 is 2.56 bits per heavy atom. The minimum atomic E-state index is -0.935. The molecule has 1 aromatic carbocycles. The largest absolute Gasteiger partial charge is 0.391 e. The van der Waals surface area contributed by atoms with Crippen LogP contribution in [0, 0.1) is 0 Å². The van der Waals surface area contributed by atoms with E-state index >= 15 is 0 Å². The molecule has 0 aromatic heterocycles. The maximum atomic E-state index is 11.7. The van der Waals surface area contributed by atoms with Crippen LogP contribution in [-0.2, 0) is 16.0 Å². The third-order valence-electron chi connectivity index (χ3n) is 2.61. The van der Waals surface area contributed by atoms with Gasteiger partial charge < -0.3 is 21.0 Å². The van der Waals surface area contributed by atoms with Crippen molar-refractivity contribution in [1.82, 2.24) is 5.32 Å². The lowest BCUT2D eigenvalue weighted by Gasteiger charge is -2.18. The molecule has 5 heteroatoms. The first-order valence-electron chi connectivity index (χ1n) is 5.78. The Bertz CT molecular complexity index is 392. The molecule has 98 valence electrons. The molecule has 0 bridgehead atoms. The predicted molar refractivity (Wildman–Crippen MR) is 67.8 cm³/mol. The second-order valence-electron chi connectivity index (χ2n) is 4.21. The molecule has 1 rings (SSSR count). The van der Waals surface area contributed by atoms with Crippen molar-refractivity contribution in [2.75, 3.05) is 0 Å². The van der Waals surface area contributed by atoms with Crippen molar-refractivity contribution in [3.05, 3.63) is 35.9 Å². The van der Waals surface area contributed by atoms with E-state index in [1.807, 2.05) is 30.3 Å². The van der Waals surface area contributed by atoms with Gasteiger partial charge in [0.25, 0.3) is 0 Å². The summed E-state index contributed by atoms with van der Waals surface area (Å²) < 4.78 is 0. The topological polar surface area (TPSA) is 92.4 Å². The summed E-state index contributed by atoms with van der Waals surface area (Å²) in [5, 5.41) is 11.6. The van der Waals surface area contributed by atoms with Crippen LogP contribution in [0.4, 0.5) is 0 Å². The van der Waals surface area contributed by atoms with Crippen LogP contribution in [-0.4, -0.2) is 35.5 Å². The predicted octanol–water partition coefficient (Wildman–Crippen LogP) is -0.379. The Labute approximate surface area is 106 Å². The van der Waals surface area contributed by atoms with E-state index in [4.69, 9.17) is 5.73 Å². The number of benzene rings is 1. The zero-order valence-corrected chi connectivity index (χ0v) is 10.2. The van der Waals surface area contributed by atoms with Crippen molar-refractivity contribution in [2.45, 2.75) is 31.5 Å². The fraction of sp³-hybridized carbons (Fsp3) is 0.385. The first-order valence-corrected chi connectivity index (χ1v) is 5.78. The molecule has 0 saturated carbocycles. The summed E-state index contributed by atoms with van der Waals surface area (Å²) in [5.41, 5.74) is 6.69. The Balaban J connectivity index is 2.54. The van der Waals surface area contributed by atoms with Gasteiger partial charge in [-0.2, -0.15) is 0 Å². The first kappa shape index (κ1) is 14.3. The number of aliphatic hydroxyl groups is 1. The number of rotatable bonds is 6. The van der Waals surface area contributed by atoms with E-state index in [-0.39, 0.29) is 0 Å². The smallest absolute Gasteiger partial charge is 0.237 e. The van der Waals surface area contributed by atoms with E-state index in [1.165, 1.54) is 6.92 Å². The third-order valence-corrected chi connectivity index (χ3v) is 2.61. The minimum absolute atomic E-state index is 0.387. The molecule has 18 heavy (non-hydrogen) atoms.